The van der Waals surface area contributed by atoms with Crippen LogP contribution in [0.1, 0.15) is 21.5 Å². The molecule has 0 amide bonds. The lowest BCUT2D eigenvalue weighted by atomic mass is 10.0. The van der Waals surface area contributed by atoms with Gasteiger partial charge >= 0.3 is 0 Å². The molecular weight excluding hydrogens is 276 g/mol. The van der Waals surface area contributed by atoms with Gasteiger partial charge in [0.05, 0.1) is 5.56 Å². The predicted octanol–water partition coefficient (Wildman–Crippen LogP) is 3.97. The Morgan fingerprint density at radius 2 is 2.05 bits per heavy atom. The van der Waals surface area contributed by atoms with Crippen LogP contribution in [0.25, 0.3) is 6.08 Å². The molecule has 0 fully saturated rings. The quantitative estimate of drug-likeness (QED) is 0.807. The van der Waals surface area contributed by atoms with E-state index in [4.69, 9.17) is 16.3 Å². The smallest absolute Gasteiger partial charge is 0.232 e. The molecule has 0 aromatic heterocycles. The fourth-order valence-electron chi connectivity index (χ4n) is 2.24. The Morgan fingerprint density at radius 1 is 1.25 bits per heavy atom. The second-order valence-electron chi connectivity index (χ2n) is 4.63. The Morgan fingerprint density at radius 3 is 2.80 bits per heavy atom. The number of ketones is 1. The van der Waals surface area contributed by atoms with E-state index in [1.54, 1.807) is 37.3 Å². The summed E-state index contributed by atoms with van der Waals surface area (Å²) in [5.41, 5.74) is 1.98. The third-order valence-electron chi connectivity index (χ3n) is 3.10. The van der Waals surface area contributed by atoms with Gasteiger partial charge in [0.15, 0.2) is 5.76 Å². The van der Waals surface area contributed by atoms with Crippen molar-refractivity contribution in [2.24, 2.45) is 0 Å². The Labute approximate surface area is 121 Å². The van der Waals surface area contributed by atoms with Gasteiger partial charge in [-0.25, -0.2) is 0 Å². The molecule has 1 aliphatic rings. The number of allylic oxidation sites excluding steroid dienone is 1. The van der Waals surface area contributed by atoms with Gasteiger partial charge < -0.3 is 9.84 Å². The summed E-state index contributed by atoms with van der Waals surface area (Å²) in [7, 11) is 0. The zero-order valence-electron chi connectivity index (χ0n) is 10.7. The standard InChI is InChI=1S/C16H11ClO3/c1-9-5-12(18)8-13-15(9)16(19)14(20-13)7-10-3-2-4-11(17)6-10/h2-8,18H,1H3/b14-7-. The number of hydrogen-bond donors (Lipinski definition) is 1. The van der Waals surface area contributed by atoms with Gasteiger partial charge in [-0.3, -0.25) is 4.79 Å². The number of hydrogen-bond acceptors (Lipinski definition) is 3. The Kier molecular flexibility index (Phi) is 2.99. The molecule has 0 saturated carbocycles. The molecule has 0 atom stereocenters. The fraction of sp³-hybridized carbons (Fsp3) is 0.0625. The van der Waals surface area contributed by atoms with Crippen LogP contribution in [0.5, 0.6) is 11.5 Å². The minimum atomic E-state index is -0.183. The van der Waals surface area contributed by atoms with Gasteiger partial charge in [0.2, 0.25) is 5.78 Å². The number of aromatic hydroxyl groups is 1. The SMILES string of the molecule is Cc1cc(O)cc2c1C(=O)/C(=C/c1cccc(Cl)c1)O2. The highest BCUT2D eigenvalue weighted by Crippen LogP contribution is 2.37. The van der Waals surface area contributed by atoms with Crippen LogP contribution in [0.4, 0.5) is 0 Å². The number of benzene rings is 2. The van der Waals surface area contributed by atoms with Gasteiger partial charge in [-0.2, -0.15) is 0 Å². The van der Waals surface area contributed by atoms with Crippen molar-refractivity contribution >= 4 is 23.5 Å². The molecular formula is C16H11ClO3. The van der Waals surface area contributed by atoms with E-state index in [1.165, 1.54) is 6.07 Å². The van der Waals surface area contributed by atoms with Crippen LogP contribution in [0.2, 0.25) is 5.02 Å². The molecule has 1 N–H and O–H groups in total. The van der Waals surface area contributed by atoms with Crippen molar-refractivity contribution in [2.45, 2.75) is 6.92 Å². The summed E-state index contributed by atoms with van der Waals surface area (Å²) in [4.78, 5) is 12.3. The molecule has 4 heteroatoms. The highest BCUT2D eigenvalue weighted by molar-refractivity contribution is 6.30. The van der Waals surface area contributed by atoms with Crippen LogP contribution in [0, 0.1) is 6.92 Å². The molecule has 0 spiro atoms. The average Bonchev–Trinajstić information content (AvgIpc) is 2.66. The second-order valence-corrected chi connectivity index (χ2v) is 5.07. The monoisotopic (exact) mass is 286 g/mol. The van der Waals surface area contributed by atoms with Crippen LogP contribution in [0.15, 0.2) is 42.2 Å². The average molecular weight is 287 g/mol. The number of rotatable bonds is 1. The first kappa shape index (κ1) is 12.8. The summed E-state index contributed by atoms with van der Waals surface area (Å²) < 4.78 is 5.53. The lowest BCUT2D eigenvalue weighted by molar-refractivity contribution is 0.101. The largest absolute Gasteiger partial charge is 0.508 e. The lowest BCUT2D eigenvalue weighted by Gasteiger charge is -2.01. The van der Waals surface area contributed by atoms with Crippen LogP contribution in [-0.2, 0) is 0 Å². The molecule has 0 aliphatic carbocycles. The van der Waals surface area contributed by atoms with Crippen molar-refractivity contribution in [1.29, 1.82) is 0 Å². The summed E-state index contributed by atoms with van der Waals surface area (Å²) in [6.07, 6.45) is 1.64. The van der Waals surface area contributed by atoms with Crippen molar-refractivity contribution < 1.29 is 14.6 Å². The van der Waals surface area contributed by atoms with E-state index in [-0.39, 0.29) is 17.3 Å². The zero-order valence-corrected chi connectivity index (χ0v) is 11.4. The first-order chi connectivity index (χ1) is 9.54. The third kappa shape index (κ3) is 2.17. The maximum atomic E-state index is 12.3. The van der Waals surface area contributed by atoms with Gasteiger partial charge in [-0.15, -0.1) is 0 Å². The van der Waals surface area contributed by atoms with Gasteiger partial charge in [-0.05, 0) is 42.3 Å². The first-order valence-electron chi connectivity index (χ1n) is 6.08. The highest BCUT2D eigenvalue weighted by Gasteiger charge is 2.29. The van der Waals surface area contributed by atoms with E-state index in [1.807, 2.05) is 6.07 Å². The minimum Gasteiger partial charge on any atom is -0.508 e. The molecule has 0 bridgehead atoms. The molecule has 3 rings (SSSR count). The maximum Gasteiger partial charge on any atom is 0.232 e. The molecule has 2 aromatic rings. The van der Waals surface area contributed by atoms with Gasteiger partial charge in [-0.1, -0.05) is 23.7 Å². The lowest BCUT2D eigenvalue weighted by Crippen LogP contribution is -1.99. The normalized spacial score (nSPS) is 15.3. The van der Waals surface area contributed by atoms with Crippen LogP contribution >= 0.6 is 11.6 Å². The van der Waals surface area contributed by atoms with Crippen molar-refractivity contribution in [2.75, 3.05) is 0 Å². The van der Waals surface area contributed by atoms with E-state index in [0.717, 1.165) is 5.56 Å². The van der Waals surface area contributed by atoms with Gasteiger partial charge in [0, 0.05) is 11.1 Å². The van der Waals surface area contributed by atoms with Crippen molar-refractivity contribution in [3.63, 3.8) is 0 Å². The zero-order chi connectivity index (χ0) is 14.3. The number of carbonyl (C=O) groups is 1. The first-order valence-corrected chi connectivity index (χ1v) is 6.46. The number of carbonyl (C=O) groups excluding carboxylic acids is 1. The Balaban J connectivity index is 2.04. The van der Waals surface area contributed by atoms with E-state index in [2.05, 4.69) is 0 Å². The van der Waals surface area contributed by atoms with E-state index in [9.17, 15) is 9.90 Å². The van der Waals surface area contributed by atoms with E-state index < -0.39 is 0 Å². The molecule has 20 heavy (non-hydrogen) atoms. The molecule has 3 nitrogen and oxygen atoms in total. The van der Waals surface area contributed by atoms with Crippen LogP contribution < -0.4 is 4.74 Å². The second kappa shape index (κ2) is 4.69. The number of phenolic OH excluding ortho intramolecular Hbond substituents is 1. The van der Waals surface area contributed by atoms with Crippen LogP contribution in [-0.4, -0.2) is 10.9 Å². The Hall–Kier alpha value is -2.26. The fourth-order valence-corrected chi connectivity index (χ4v) is 2.44. The topological polar surface area (TPSA) is 46.5 Å². The third-order valence-corrected chi connectivity index (χ3v) is 3.34. The Bertz CT molecular complexity index is 747. The molecule has 0 radical (unpaired) electrons. The summed E-state index contributed by atoms with van der Waals surface area (Å²) in [6, 6.07) is 10.1. The highest BCUT2D eigenvalue weighted by atomic mass is 35.5. The minimum absolute atomic E-state index is 0.0815. The molecule has 0 unspecified atom stereocenters. The molecule has 100 valence electrons. The number of halogens is 1. The van der Waals surface area contributed by atoms with Gasteiger partial charge in [0.25, 0.3) is 0 Å². The van der Waals surface area contributed by atoms with Crippen LogP contribution in [0.3, 0.4) is 0 Å². The molecule has 1 heterocycles. The number of fused-ring (bicyclic) bond motifs is 1. The molecule has 0 saturated heterocycles. The van der Waals surface area contributed by atoms with E-state index in [0.29, 0.717) is 21.9 Å². The van der Waals surface area contributed by atoms with E-state index >= 15 is 0 Å². The number of phenols is 1. The summed E-state index contributed by atoms with van der Waals surface area (Å²) >= 11 is 5.91. The predicted molar refractivity (Wildman–Crippen MR) is 77.2 cm³/mol. The van der Waals surface area contributed by atoms with Crippen molar-refractivity contribution in [3.8, 4) is 11.5 Å². The summed E-state index contributed by atoms with van der Waals surface area (Å²) in [5, 5.41) is 10.1. The number of aryl methyl sites for hydroxylation is 1. The number of ether oxygens (including phenoxy) is 1. The molecule has 1 aliphatic heterocycles. The van der Waals surface area contributed by atoms with Crippen molar-refractivity contribution in [1.82, 2.24) is 0 Å². The molecule has 2 aromatic carbocycles. The summed E-state index contributed by atoms with van der Waals surface area (Å²) in [6.45, 7) is 1.77. The maximum absolute atomic E-state index is 12.3. The number of Topliss-reactive ketones (excluding diaryl/α,β-unsaturated/α-hetero) is 1. The van der Waals surface area contributed by atoms with Crippen molar-refractivity contribution in [3.05, 3.63) is 63.9 Å². The van der Waals surface area contributed by atoms with Gasteiger partial charge in [0.1, 0.15) is 11.5 Å². The summed E-state index contributed by atoms with van der Waals surface area (Å²) in [5.74, 6) is 0.521.